The number of carbonyl (C=O) groups is 1. The summed E-state index contributed by atoms with van der Waals surface area (Å²) in [4.78, 5) is 22.7. The summed E-state index contributed by atoms with van der Waals surface area (Å²) in [5, 5.41) is 0. The lowest BCUT2D eigenvalue weighted by Crippen LogP contribution is -2.38. The molecule has 9 heteroatoms. The van der Waals surface area contributed by atoms with Crippen LogP contribution < -0.4 is 0 Å². The molecule has 0 bridgehead atoms. The van der Waals surface area contributed by atoms with Gasteiger partial charge >= 0.3 is 0 Å². The number of carbonyl (C=O) groups excluding carboxylic acids is 1. The zero-order valence-corrected chi connectivity index (χ0v) is 19.0. The van der Waals surface area contributed by atoms with Gasteiger partial charge in [-0.15, -0.1) is 0 Å². The summed E-state index contributed by atoms with van der Waals surface area (Å²) < 4.78 is 40.1. The smallest absolute Gasteiger partial charge is 0.253 e. The number of aromatic nitrogens is 2. The Morgan fingerprint density at radius 3 is 2.41 bits per heavy atom. The van der Waals surface area contributed by atoms with Crippen molar-refractivity contribution in [3.63, 3.8) is 0 Å². The molecular weight excluding hydrogens is 431 g/mol. The number of nitrogens with zero attached hydrogens (tertiary/aromatic N) is 3. The molecule has 0 spiro atoms. The lowest BCUT2D eigenvalue weighted by atomic mass is 9.95. The molecule has 32 heavy (non-hydrogen) atoms. The number of fused-ring (bicyclic) bond motifs is 1. The predicted molar refractivity (Wildman–Crippen MR) is 120 cm³/mol. The number of piperidine rings is 1. The van der Waals surface area contributed by atoms with Crippen LogP contribution >= 0.6 is 0 Å². The van der Waals surface area contributed by atoms with Crippen molar-refractivity contribution < 1.29 is 17.6 Å². The monoisotopic (exact) mass is 458 g/mol. The molecule has 2 aromatic carbocycles. The molecule has 3 aromatic rings. The molecule has 1 amide bonds. The number of hydrogen-bond donors (Lipinski definition) is 1. The molecule has 1 aliphatic rings. The van der Waals surface area contributed by atoms with Gasteiger partial charge in [-0.25, -0.2) is 17.8 Å². The second-order valence-electron chi connectivity index (χ2n) is 7.96. The first-order valence-electron chi connectivity index (χ1n) is 10.9. The summed E-state index contributed by atoms with van der Waals surface area (Å²) in [6.07, 6.45) is 1.50. The van der Waals surface area contributed by atoms with E-state index in [4.69, 9.17) is 0 Å². The van der Waals surface area contributed by atoms with E-state index in [1.165, 1.54) is 28.6 Å². The zero-order valence-electron chi connectivity index (χ0n) is 18.2. The Hall–Kier alpha value is -2.78. The molecule has 1 N–H and O–H groups in total. The van der Waals surface area contributed by atoms with Crippen molar-refractivity contribution >= 4 is 27.0 Å². The molecule has 170 valence electrons. The minimum absolute atomic E-state index is 0.109. The van der Waals surface area contributed by atoms with E-state index in [9.17, 15) is 17.6 Å². The van der Waals surface area contributed by atoms with Gasteiger partial charge in [-0.05, 0) is 55.3 Å². The van der Waals surface area contributed by atoms with Crippen LogP contribution in [0.15, 0.2) is 47.4 Å². The van der Waals surface area contributed by atoms with Crippen LogP contribution in [0, 0.1) is 5.82 Å². The Morgan fingerprint density at radius 2 is 1.78 bits per heavy atom. The summed E-state index contributed by atoms with van der Waals surface area (Å²) in [7, 11) is -3.55. The molecule has 0 radical (unpaired) electrons. The van der Waals surface area contributed by atoms with E-state index in [0.717, 1.165) is 24.2 Å². The van der Waals surface area contributed by atoms with Crippen LogP contribution in [0.5, 0.6) is 0 Å². The van der Waals surface area contributed by atoms with Gasteiger partial charge in [-0.1, -0.05) is 13.8 Å². The minimum atomic E-state index is -3.55. The van der Waals surface area contributed by atoms with Gasteiger partial charge in [0.25, 0.3) is 5.91 Å². The lowest BCUT2D eigenvalue weighted by molar-refractivity contribution is 0.0711. The molecule has 7 nitrogen and oxygen atoms in total. The van der Waals surface area contributed by atoms with E-state index in [-0.39, 0.29) is 22.5 Å². The van der Waals surface area contributed by atoms with E-state index < -0.39 is 10.0 Å². The number of halogens is 1. The summed E-state index contributed by atoms with van der Waals surface area (Å²) in [5.41, 5.74) is 1.89. The Labute approximate surface area is 187 Å². The molecule has 0 atom stereocenters. The number of benzene rings is 2. The van der Waals surface area contributed by atoms with Gasteiger partial charge in [0.2, 0.25) is 10.0 Å². The normalized spacial score (nSPS) is 15.6. The molecule has 1 fully saturated rings. The number of H-pyrrole nitrogens is 1. The van der Waals surface area contributed by atoms with Crippen molar-refractivity contribution in [2.75, 3.05) is 26.2 Å². The average Bonchev–Trinajstić information content (AvgIpc) is 3.22. The third-order valence-electron chi connectivity index (χ3n) is 6.08. The topological polar surface area (TPSA) is 86.4 Å². The van der Waals surface area contributed by atoms with E-state index in [0.29, 0.717) is 37.3 Å². The quantitative estimate of drug-likeness (QED) is 0.610. The molecule has 0 saturated carbocycles. The molecule has 1 saturated heterocycles. The van der Waals surface area contributed by atoms with Crippen LogP contribution in [-0.4, -0.2) is 59.7 Å². The second-order valence-corrected chi connectivity index (χ2v) is 9.90. The maximum absolute atomic E-state index is 13.4. The van der Waals surface area contributed by atoms with Crippen LogP contribution in [0.25, 0.3) is 11.0 Å². The molecule has 2 heterocycles. The number of likely N-dealkylation sites (tertiary alicyclic amines) is 1. The molecule has 1 aliphatic heterocycles. The van der Waals surface area contributed by atoms with Gasteiger partial charge in [0.05, 0.1) is 15.9 Å². The molecule has 1 aromatic heterocycles. The first-order chi connectivity index (χ1) is 15.3. The summed E-state index contributed by atoms with van der Waals surface area (Å²) >= 11 is 0. The highest BCUT2D eigenvalue weighted by Gasteiger charge is 2.27. The Balaban J connectivity index is 1.41. The van der Waals surface area contributed by atoms with Crippen LogP contribution in [0.3, 0.4) is 0 Å². The fraction of sp³-hybridized carbons (Fsp3) is 0.391. The van der Waals surface area contributed by atoms with Crippen molar-refractivity contribution in [1.82, 2.24) is 19.2 Å². The first kappa shape index (κ1) is 22.4. The maximum Gasteiger partial charge on any atom is 0.253 e. The minimum Gasteiger partial charge on any atom is -0.342 e. The summed E-state index contributed by atoms with van der Waals surface area (Å²) in [6, 6.07) is 10.7. The maximum atomic E-state index is 13.4. The number of aromatic amines is 1. The largest absolute Gasteiger partial charge is 0.342 e. The average molecular weight is 459 g/mol. The second kappa shape index (κ2) is 8.99. The Morgan fingerprint density at radius 1 is 1.12 bits per heavy atom. The van der Waals surface area contributed by atoms with Crippen molar-refractivity contribution in [3.05, 3.63) is 59.7 Å². The summed E-state index contributed by atoms with van der Waals surface area (Å²) in [6.45, 7) is 5.55. The van der Waals surface area contributed by atoms with E-state index in [2.05, 4.69) is 9.97 Å². The third-order valence-corrected chi connectivity index (χ3v) is 8.14. The zero-order chi connectivity index (χ0) is 22.9. The first-order valence-corrected chi connectivity index (χ1v) is 12.3. The number of nitrogens with one attached hydrogen (secondary N) is 1. The van der Waals surface area contributed by atoms with Gasteiger partial charge in [0.1, 0.15) is 11.6 Å². The van der Waals surface area contributed by atoms with Gasteiger partial charge < -0.3 is 9.88 Å². The van der Waals surface area contributed by atoms with Gasteiger partial charge in [0, 0.05) is 37.7 Å². The highest BCUT2D eigenvalue weighted by atomic mass is 32.2. The van der Waals surface area contributed by atoms with Crippen molar-refractivity contribution in [2.24, 2.45) is 0 Å². The number of amides is 1. The highest BCUT2D eigenvalue weighted by Crippen LogP contribution is 2.29. The highest BCUT2D eigenvalue weighted by molar-refractivity contribution is 7.89. The van der Waals surface area contributed by atoms with Gasteiger partial charge in [-0.2, -0.15) is 4.31 Å². The van der Waals surface area contributed by atoms with E-state index in [1.54, 1.807) is 36.9 Å². The Bertz CT molecular complexity index is 1210. The fourth-order valence-corrected chi connectivity index (χ4v) is 5.67. The lowest BCUT2D eigenvalue weighted by Gasteiger charge is -2.31. The molecule has 0 unspecified atom stereocenters. The van der Waals surface area contributed by atoms with Gasteiger partial charge in [-0.3, -0.25) is 4.79 Å². The standard InChI is InChI=1S/C23H27FN4O3S/c1-3-28(4-2)32(30,31)19-8-5-17(6-9-19)23(29)27-13-11-16(12-14-27)22-25-20-10-7-18(24)15-21(20)26-22/h5-10,15-16H,3-4,11-14H2,1-2H3,(H,25,26). The SMILES string of the molecule is CCN(CC)S(=O)(=O)c1ccc(C(=O)N2CCC(c3nc4ccc(F)cc4[nH]3)CC2)cc1. The third kappa shape index (κ3) is 4.27. The predicted octanol–water partition coefficient (Wildman–Crippen LogP) is 3.75. The van der Waals surface area contributed by atoms with Crippen LogP contribution in [0.4, 0.5) is 4.39 Å². The van der Waals surface area contributed by atoms with Crippen LogP contribution in [0.1, 0.15) is 48.8 Å². The van der Waals surface area contributed by atoms with E-state index in [1.807, 2.05) is 0 Å². The van der Waals surface area contributed by atoms with Gasteiger partial charge in [0.15, 0.2) is 0 Å². The van der Waals surface area contributed by atoms with Crippen LogP contribution in [0.2, 0.25) is 0 Å². The molecular formula is C23H27FN4O3S. The number of sulfonamides is 1. The van der Waals surface area contributed by atoms with Crippen molar-refractivity contribution in [2.45, 2.75) is 37.5 Å². The molecule has 4 rings (SSSR count). The summed E-state index contributed by atoms with van der Waals surface area (Å²) in [5.74, 6) is 0.589. The van der Waals surface area contributed by atoms with Crippen LogP contribution in [-0.2, 0) is 10.0 Å². The fourth-order valence-electron chi connectivity index (χ4n) is 4.22. The van der Waals surface area contributed by atoms with Crippen molar-refractivity contribution in [1.29, 1.82) is 0 Å². The number of imidazole rings is 1. The van der Waals surface area contributed by atoms with E-state index >= 15 is 0 Å². The van der Waals surface area contributed by atoms with Crippen molar-refractivity contribution in [3.8, 4) is 0 Å². The number of hydrogen-bond acceptors (Lipinski definition) is 4. The Kier molecular flexibility index (Phi) is 6.30. The number of rotatable bonds is 6. The molecule has 0 aliphatic carbocycles.